The molecule has 1 atom stereocenters. The van der Waals surface area contributed by atoms with E-state index in [1.807, 2.05) is 0 Å². The number of hydrogen-bond donors (Lipinski definition) is 0. The first kappa shape index (κ1) is 18.4. The molecule has 140 valence electrons. The lowest BCUT2D eigenvalue weighted by Gasteiger charge is -2.17. The standard InChI is InChI=1S/C20H19NO6/c1-25-17-5-3-4-15(11-17)21-12-14(10-18(21)22)20(24)27-16-8-6-13(7-9-16)19(23)26-2/h3-9,11,14H,10,12H2,1-2H3/t14-/m0/s1. The molecular weight excluding hydrogens is 350 g/mol. The topological polar surface area (TPSA) is 82.1 Å². The van der Waals surface area contributed by atoms with E-state index in [0.29, 0.717) is 22.7 Å². The predicted molar refractivity (Wildman–Crippen MR) is 96.9 cm³/mol. The number of methoxy groups -OCH3 is 2. The molecule has 0 spiro atoms. The fourth-order valence-electron chi connectivity index (χ4n) is 2.87. The van der Waals surface area contributed by atoms with E-state index in [4.69, 9.17) is 9.47 Å². The van der Waals surface area contributed by atoms with Crippen LogP contribution in [0.1, 0.15) is 16.8 Å². The molecule has 1 heterocycles. The Morgan fingerprint density at radius 3 is 2.44 bits per heavy atom. The smallest absolute Gasteiger partial charge is 0.337 e. The minimum Gasteiger partial charge on any atom is -0.497 e. The van der Waals surface area contributed by atoms with Gasteiger partial charge in [-0.3, -0.25) is 9.59 Å². The highest BCUT2D eigenvalue weighted by Gasteiger charge is 2.36. The average molecular weight is 369 g/mol. The molecule has 1 aliphatic heterocycles. The molecule has 0 aliphatic carbocycles. The van der Waals surface area contributed by atoms with E-state index in [2.05, 4.69) is 4.74 Å². The minimum absolute atomic E-state index is 0.0797. The van der Waals surface area contributed by atoms with Crippen LogP contribution in [0.5, 0.6) is 11.5 Å². The monoisotopic (exact) mass is 369 g/mol. The fraction of sp³-hybridized carbons (Fsp3) is 0.250. The maximum Gasteiger partial charge on any atom is 0.337 e. The third-order valence-corrected chi connectivity index (χ3v) is 4.32. The second kappa shape index (κ2) is 7.90. The van der Waals surface area contributed by atoms with Crippen molar-refractivity contribution in [2.75, 3.05) is 25.7 Å². The van der Waals surface area contributed by atoms with Crippen molar-refractivity contribution in [2.24, 2.45) is 5.92 Å². The largest absolute Gasteiger partial charge is 0.497 e. The average Bonchev–Trinajstić information content (AvgIpc) is 3.10. The number of anilines is 1. The first-order valence-electron chi connectivity index (χ1n) is 8.36. The Labute approximate surface area is 156 Å². The maximum absolute atomic E-state index is 12.4. The van der Waals surface area contributed by atoms with Crippen LogP contribution in [0, 0.1) is 5.92 Å². The van der Waals surface area contributed by atoms with Crippen LogP contribution >= 0.6 is 0 Å². The van der Waals surface area contributed by atoms with Gasteiger partial charge >= 0.3 is 11.9 Å². The van der Waals surface area contributed by atoms with Crippen molar-refractivity contribution in [2.45, 2.75) is 6.42 Å². The third-order valence-electron chi connectivity index (χ3n) is 4.32. The zero-order chi connectivity index (χ0) is 19.4. The highest BCUT2D eigenvalue weighted by Crippen LogP contribution is 2.29. The normalized spacial score (nSPS) is 16.1. The van der Waals surface area contributed by atoms with Gasteiger partial charge in [-0.2, -0.15) is 0 Å². The van der Waals surface area contributed by atoms with E-state index < -0.39 is 17.9 Å². The van der Waals surface area contributed by atoms with Crippen molar-refractivity contribution in [1.82, 2.24) is 0 Å². The molecule has 0 unspecified atom stereocenters. The van der Waals surface area contributed by atoms with Gasteiger partial charge in [-0.15, -0.1) is 0 Å². The van der Waals surface area contributed by atoms with Crippen LogP contribution in [0.2, 0.25) is 0 Å². The number of nitrogens with zero attached hydrogens (tertiary/aromatic N) is 1. The zero-order valence-corrected chi connectivity index (χ0v) is 15.0. The van der Waals surface area contributed by atoms with E-state index in [0.717, 1.165) is 0 Å². The summed E-state index contributed by atoms with van der Waals surface area (Å²) in [5, 5.41) is 0. The lowest BCUT2D eigenvalue weighted by atomic mass is 10.1. The van der Waals surface area contributed by atoms with Gasteiger partial charge in [-0.05, 0) is 36.4 Å². The van der Waals surface area contributed by atoms with E-state index in [1.165, 1.54) is 31.4 Å². The summed E-state index contributed by atoms with van der Waals surface area (Å²) in [7, 11) is 2.85. The van der Waals surface area contributed by atoms with Crippen LogP contribution in [-0.2, 0) is 14.3 Å². The molecular formula is C20H19NO6. The van der Waals surface area contributed by atoms with Gasteiger partial charge in [-0.1, -0.05) is 6.07 Å². The lowest BCUT2D eigenvalue weighted by Crippen LogP contribution is -2.27. The Balaban J connectivity index is 1.66. The summed E-state index contributed by atoms with van der Waals surface area (Å²) >= 11 is 0. The summed E-state index contributed by atoms with van der Waals surface area (Å²) in [4.78, 5) is 37.7. The van der Waals surface area contributed by atoms with E-state index in [1.54, 1.807) is 36.3 Å². The highest BCUT2D eigenvalue weighted by molar-refractivity contribution is 5.99. The fourth-order valence-corrected chi connectivity index (χ4v) is 2.87. The second-order valence-corrected chi connectivity index (χ2v) is 6.04. The SMILES string of the molecule is COC(=O)c1ccc(OC(=O)[C@H]2CC(=O)N(c3cccc(OC)c3)C2)cc1. The molecule has 0 N–H and O–H groups in total. The number of amides is 1. The van der Waals surface area contributed by atoms with Crippen molar-refractivity contribution < 1.29 is 28.6 Å². The van der Waals surface area contributed by atoms with Gasteiger partial charge in [0.15, 0.2) is 0 Å². The van der Waals surface area contributed by atoms with E-state index in [-0.39, 0.29) is 18.9 Å². The molecule has 7 nitrogen and oxygen atoms in total. The number of hydrogen-bond acceptors (Lipinski definition) is 6. The molecule has 2 aromatic rings. The summed E-state index contributed by atoms with van der Waals surface area (Å²) < 4.78 is 15.1. The molecule has 27 heavy (non-hydrogen) atoms. The quantitative estimate of drug-likeness (QED) is 0.595. The summed E-state index contributed by atoms with van der Waals surface area (Å²) in [6.45, 7) is 0.241. The summed E-state index contributed by atoms with van der Waals surface area (Å²) in [5.74, 6) is -0.727. The van der Waals surface area contributed by atoms with Gasteiger partial charge < -0.3 is 19.1 Å². The van der Waals surface area contributed by atoms with E-state index >= 15 is 0 Å². The maximum atomic E-state index is 12.4. The lowest BCUT2D eigenvalue weighted by molar-refractivity contribution is -0.139. The second-order valence-electron chi connectivity index (χ2n) is 6.04. The first-order chi connectivity index (χ1) is 13.0. The molecule has 3 rings (SSSR count). The number of benzene rings is 2. The van der Waals surface area contributed by atoms with Crippen LogP contribution < -0.4 is 14.4 Å². The number of ether oxygens (including phenoxy) is 3. The molecule has 1 saturated heterocycles. The van der Waals surface area contributed by atoms with Gasteiger partial charge in [0.2, 0.25) is 5.91 Å². The van der Waals surface area contributed by atoms with Crippen molar-refractivity contribution >= 4 is 23.5 Å². The van der Waals surface area contributed by atoms with Gasteiger partial charge in [0.05, 0.1) is 25.7 Å². The van der Waals surface area contributed by atoms with Crippen LogP contribution in [0.15, 0.2) is 48.5 Å². The first-order valence-corrected chi connectivity index (χ1v) is 8.36. The van der Waals surface area contributed by atoms with Gasteiger partial charge in [0.25, 0.3) is 0 Å². The third kappa shape index (κ3) is 4.08. The molecule has 2 aromatic carbocycles. The summed E-state index contributed by atoms with van der Waals surface area (Å²) in [6.07, 6.45) is 0.0797. The van der Waals surface area contributed by atoms with Gasteiger partial charge in [-0.25, -0.2) is 4.79 Å². The van der Waals surface area contributed by atoms with Crippen LogP contribution in [0.3, 0.4) is 0 Å². The molecule has 0 radical (unpaired) electrons. The molecule has 0 saturated carbocycles. The number of rotatable bonds is 5. The number of esters is 2. The molecule has 0 aromatic heterocycles. The number of carbonyl (C=O) groups is 3. The molecule has 7 heteroatoms. The van der Waals surface area contributed by atoms with Crippen molar-refractivity contribution in [3.63, 3.8) is 0 Å². The highest BCUT2D eigenvalue weighted by atomic mass is 16.5. The Morgan fingerprint density at radius 2 is 1.78 bits per heavy atom. The van der Waals surface area contributed by atoms with Crippen LogP contribution in [0.4, 0.5) is 5.69 Å². The van der Waals surface area contributed by atoms with Crippen LogP contribution in [-0.4, -0.2) is 38.6 Å². The number of carbonyl (C=O) groups excluding carboxylic acids is 3. The molecule has 1 amide bonds. The Morgan fingerprint density at radius 1 is 1.04 bits per heavy atom. The van der Waals surface area contributed by atoms with Gasteiger partial charge in [0, 0.05) is 24.7 Å². The summed E-state index contributed by atoms with van der Waals surface area (Å²) in [5.41, 5.74) is 1.04. The van der Waals surface area contributed by atoms with Gasteiger partial charge in [0.1, 0.15) is 11.5 Å². The van der Waals surface area contributed by atoms with E-state index in [9.17, 15) is 14.4 Å². The Hall–Kier alpha value is -3.35. The molecule has 1 fully saturated rings. The minimum atomic E-state index is -0.566. The van der Waals surface area contributed by atoms with Crippen LogP contribution in [0.25, 0.3) is 0 Å². The molecule has 0 bridgehead atoms. The Kier molecular flexibility index (Phi) is 5.40. The van der Waals surface area contributed by atoms with Crippen molar-refractivity contribution in [3.05, 3.63) is 54.1 Å². The molecule has 1 aliphatic rings. The van der Waals surface area contributed by atoms with Crippen molar-refractivity contribution in [1.29, 1.82) is 0 Å². The Bertz CT molecular complexity index is 861. The van der Waals surface area contributed by atoms with Crippen molar-refractivity contribution in [3.8, 4) is 11.5 Å². The predicted octanol–water partition coefficient (Wildman–Crippen LogP) is 2.44. The summed E-state index contributed by atoms with van der Waals surface area (Å²) in [6, 6.07) is 13.2. The zero-order valence-electron chi connectivity index (χ0n) is 15.0.